The lowest BCUT2D eigenvalue weighted by molar-refractivity contribution is 0.770. The summed E-state index contributed by atoms with van der Waals surface area (Å²) in [6.45, 7) is 14.7. The van der Waals surface area contributed by atoms with E-state index in [0.717, 1.165) is 30.7 Å². The smallest absolute Gasteiger partial charge is 0.0664 e. The first-order valence-electron chi connectivity index (χ1n) is 11.9. The van der Waals surface area contributed by atoms with Crippen molar-refractivity contribution in [2.45, 2.75) is 66.7 Å². The summed E-state index contributed by atoms with van der Waals surface area (Å²) in [5.41, 5.74) is 12.9. The zero-order valence-corrected chi connectivity index (χ0v) is 20.5. The van der Waals surface area contributed by atoms with Crippen LogP contribution in [-0.4, -0.2) is 5.71 Å². The molecule has 1 aliphatic rings. The molecule has 0 spiro atoms. The lowest BCUT2D eigenvalue weighted by Gasteiger charge is -2.19. The van der Waals surface area contributed by atoms with Gasteiger partial charge in [-0.3, -0.25) is 4.99 Å². The van der Waals surface area contributed by atoms with E-state index in [0.29, 0.717) is 0 Å². The maximum Gasteiger partial charge on any atom is 0.0664 e. The predicted octanol–water partition coefficient (Wildman–Crippen LogP) is 9.35. The zero-order chi connectivity index (χ0) is 23.1. The van der Waals surface area contributed by atoms with Crippen molar-refractivity contribution in [2.24, 2.45) is 4.99 Å². The molecule has 0 bridgehead atoms. The van der Waals surface area contributed by atoms with Crippen molar-refractivity contribution in [3.63, 3.8) is 0 Å². The van der Waals surface area contributed by atoms with Gasteiger partial charge in [0.15, 0.2) is 0 Å². The molecule has 0 radical (unpaired) electrons. The van der Waals surface area contributed by atoms with Gasteiger partial charge in [-0.15, -0.1) is 0 Å². The number of hydrogen-bond donors (Lipinski definition) is 0. The molecule has 2 aromatic carbocycles. The molecule has 0 atom stereocenters. The summed E-state index contributed by atoms with van der Waals surface area (Å²) in [4.78, 5) is 4.83. The highest BCUT2D eigenvalue weighted by Gasteiger charge is 2.20. The normalized spacial score (nSPS) is 16.2. The van der Waals surface area contributed by atoms with Crippen molar-refractivity contribution in [2.75, 3.05) is 0 Å². The first kappa shape index (κ1) is 23.7. The van der Waals surface area contributed by atoms with Gasteiger partial charge in [-0.2, -0.15) is 0 Å². The summed E-state index contributed by atoms with van der Waals surface area (Å²) in [5, 5.41) is 0. The van der Waals surface area contributed by atoms with E-state index in [1.165, 1.54) is 57.4 Å². The van der Waals surface area contributed by atoms with E-state index >= 15 is 0 Å². The van der Waals surface area contributed by atoms with Crippen molar-refractivity contribution in [1.82, 2.24) is 0 Å². The van der Waals surface area contributed by atoms with Crippen LogP contribution in [-0.2, 0) is 0 Å². The van der Waals surface area contributed by atoms with Gasteiger partial charge in [0.05, 0.1) is 5.69 Å². The fraction of sp³-hybridized carbons (Fsp3) is 0.323. The molecule has 0 fully saturated rings. The van der Waals surface area contributed by atoms with Gasteiger partial charge in [-0.1, -0.05) is 68.1 Å². The van der Waals surface area contributed by atoms with E-state index in [2.05, 4.69) is 95.8 Å². The van der Waals surface area contributed by atoms with Gasteiger partial charge in [-0.05, 0) is 110 Å². The molecule has 32 heavy (non-hydrogen) atoms. The van der Waals surface area contributed by atoms with Crippen LogP contribution in [0.4, 0.5) is 5.69 Å². The Labute approximate surface area is 195 Å². The second-order valence-corrected chi connectivity index (χ2v) is 8.93. The largest absolute Gasteiger partial charge is 0.258 e. The zero-order valence-electron chi connectivity index (χ0n) is 20.5. The summed E-state index contributed by atoms with van der Waals surface area (Å²) in [6.07, 6.45) is 12.2. The van der Waals surface area contributed by atoms with Gasteiger partial charge in [0, 0.05) is 5.71 Å². The average Bonchev–Trinajstić information content (AvgIpc) is 2.98. The molecule has 0 aliphatic heterocycles. The van der Waals surface area contributed by atoms with E-state index in [1.54, 1.807) is 0 Å². The Morgan fingerprint density at radius 2 is 1.75 bits per heavy atom. The van der Waals surface area contributed by atoms with E-state index in [-0.39, 0.29) is 0 Å². The van der Waals surface area contributed by atoms with Gasteiger partial charge in [0.2, 0.25) is 0 Å². The van der Waals surface area contributed by atoms with Crippen LogP contribution in [0.3, 0.4) is 0 Å². The fourth-order valence-corrected chi connectivity index (χ4v) is 4.43. The van der Waals surface area contributed by atoms with Crippen molar-refractivity contribution in [1.29, 1.82) is 0 Å². The molecule has 1 aliphatic carbocycles. The number of aryl methyl sites for hydroxylation is 2. The molecule has 0 N–H and O–H groups in total. The minimum absolute atomic E-state index is 0.996. The number of rotatable bonds is 6. The highest BCUT2D eigenvalue weighted by atomic mass is 14.7. The second kappa shape index (κ2) is 11.1. The molecule has 3 rings (SSSR count). The lowest BCUT2D eigenvalue weighted by Crippen LogP contribution is -1.97. The molecule has 0 amide bonds. The number of benzene rings is 2. The lowest BCUT2D eigenvalue weighted by atomic mass is 9.86. The maximum atomic E-state index is 4.83. The standard InChI is InChI=1S/C31H37N/c1-7-25(8-2)18-20-26-14-10-12-16-29(28-15-11-9-13-23(28)5)31(26)27-19-17-24(6)30(21-27)32-22(3)4/h7,9,11,13,15,17-21H,1,8,10,12,14,16H2,2-6H3/b25-18+,26-20+. The van der Waals surface area contributed by atoms with Gasteiger partial charge in [0.1, 0.15) is 0 Å². The van der Waals surface area contributed by atoms with Crippen molar-refractivity contribution in [3.05, 3.63) is 101 Å². The number of allylic oxidation sites excluding steroid dienone is 7. The third kappa shape index (κ3) is 5.65. The van der Waals surface area contributed by atoms with Crippen LogP contribution in [0.15, 0.2) is 83.4 Å². The highest BCUT2D eigenvalue weighted by Crippen LogP contribution is 2.42. The van der Waals surface area contributed by atoms with E-state index in [4.69, 9.17) is 4.99 Å². The summed E-state index contributed by atoms with van der Waals surface area (Å²) in [7, 11) is 0. The Morgan fingerprint density at radius 3 is 2.44 bits per heavy atom. The summed E-state index contributed by atoms with van der Waals surface area (Å²) < 4.78 is 0. The Kier molecular flexibility index (Phi) is 8.22. The highest BCUT2D eigenvalue weighted by molar-refractivity contribution is 6.00. The van der Waals surface area contributed by atoms with E-state index in [9.17, 15) is 0 Å². The SMILES string of the molecule is C=C/C(=C\C=C1/CCCCC(c2ccccc2C)=C1c1ccc(C)c(N=C(C)C)c1)CC. The van der Waals surface area contributed by atoms with Crippen LogP contribution in [0.5, 0.6) is 0 Å². The van der Waals surface area contributed by atoms with Gasteiger partial charge < -0.3 is 0 Å². The van der Waals surface area contributed by atoms with Gasteiger partial charge >= 0.3 is 0 Å². The number of aliphatic imine (C=N–C) groups is 1. The molecule has 1 heteroatoms. The molecule has 1 nitrogen and oxygen atoms in total. The van der Waals surface area contributed by atoms with Crippen molar-refractivity contribution < 1.29 is 0 Å². The molecular weight excluding hydrogens is 386 g/mol. The Balaban J connectivity index is 2.32. The molecule has 0 saturated carbocycles. The molecule has 166 valence electrons. The Hall–Kier alpha value is -2.93. The average molecular weight is 424 g/mol. The van der Waals surface area contributed by atoms with Crippen LogP contribution in [0.25, 0.3) is 11.1 Å². The summed E-state index contributed by atoms with van der Waals surface area (Å²) in [6, 6.07) is 15.6. The first-order chi connectivity index (χ1) is 15.4. The molecular formula is C31H37N. The maximum absolute atomic E-state index is 4.83. The Morgan fingerprint density at radius 1 is 1.00 bits per heavy atom. The summed E-state index contributed by atoms with van der Waals surface area (Å²) >= 11 is 0. The van der Waals surface area contributed by atoms with Gasteiger partial charge in [0.25, 0.3) is 0 Å². The van der Waals surface area contributed by atoms with Crippen molar-refractivity contribution in [3.8, 4) is 0 Å². The predicted molar refractivity (Wildman–Crippen MR) is 143 cm³/mol. The van der Waals surface area contributed by atoms with Crippen LogP contribution in [0.2, 0.25) is 0 Å². The minimum Gasteiger partial charge on any atom is -0.258 e. The van der Waals surface area contributed by atoms with E-state index in [1.807, 2.05) is 6.08 Å². The molecule has 0 saturated heterocycles. The van der Waals surface area contributed by atoms with E-state index < -0.39 is 0 Å². The van der Waals surface area contributed by atoms with Crippen LogP contribution in [0, 0.1) is 13.8 Å². The molecule has 2 aromatic rings. The quantitative estimate of drug-likeness (QED) is 0.324. The van der Waals surface area contributed by atoms with Crippen LogP contribution >= 0.6 is 0 Å². The molecule has 0 heterocycles. The Bertz CT molecular complexity index is 1100. The summed E-state index contributed by atoms with van der Waals surface area (Å²) in [5.74, 6) is 0. The fourth-order valence-electron chi connectivity index (χ4n) is 4.43. The van der Waals surface area contributed by atoms with Gasteiger partial charge in [-0.25, -0.2) is 0 Å². The first-order valence-corrected chi connectivity index (χ1v) is 11.9. The van der Waals surface area contributed by atoms with Crippen molar-refractivity contribution >= 4 is 22.5 Å². The number of hydrogen-bond acceptors (Lipinski definition) is 1. The third-order valence-electron chi connectivity index (χ3n) is 6.23. The second-order valence-electron chi connectivity index (χ2n) is 8.93. The monoisotopic (exact) mass is 423 g/mol. The minimum atomic E-state index is 0.996. The molecule has 0 unspecified atom stereocenters. The number of nitrogens with zero attached hydrogens (tertiary/aromatic N) is 1. The van der Waals surface area contributed by atoms with Crippen LogP contribution in [0.1, 0.15) is 75.1 Å². The topological polar surface area (TPSA) is 12.4 Å². The molecule has 0 aromatic heterocycles. The third-order valence-corrected chi connectivity index (χ3v) is 6.23. The van der Waals surface area contributed by atoms with Crippen LogP contribution < -0.4 is 0 Å².